The second-order valence-corrected chi connectivity index (χ2v) is 7.04. The van der Waals surface area contributed by atoms with Gasteiger partial charge in [-0.3, -0.25) is 9.35 Å². The van der Waals surface area contributed by atoms with E-state index in [-0.39, 0.29) is 45.3 Å². The number of benzene rings is 2. The van der Waals surface area contributed by atoms with Crippen molar-refractivity contribution in [1.29, 1.82) is 0 Å². The highest BCUT2D eigenvalue weighted by molar-refractivity contribution is 7.86. The smallest absolute Gasteiger partial charge is 0.298 e. The van der Waals surface area contributed by atoms with Crippen molar-refractivity contribution in [2.24, 2.45) is 0 Å². The summed E-state index contributed by atoms with van der Waals surface area (Å²) in [6.07, 6.45) is 0. The Labute approximate surface area is 159 Å². The second kappa shape index (κ2) is 7.06. The lowest BCUT2D eigenvalue weighted by molar-refractivity contribution is 0.318. The van der Waals surface area contributed by atoms with Crippen LogP contribution in [0.3, 0.4) is 0 Å². The summed E-state index contributed by atoms with van der Waals surface area (Å²) in [5.41, 5.74) is -0.275. The predicted octanol–water partition coefficient (Wildman–Crippen LogP) is 2.44. The first-order valence-electron chi connectivity index (χ1n) is 7.79. The summed E-state index contributed by atoms with van der Waals surface area (Å²) >= 11 is 0. The van der Waals surface area contributed by atoms with Gasteiger partial charge in [0.15, 0.2) is 16.9 Å². The van der Waals surface area contributed by atoms with Crippen LogP contribution in [0, 0.1) is 0 Å². The summed E-state index contributed by atoms with van der Waals surface area (Å²) in [5.74, 6) is -0.480. The normalized spacial score (nSPS) is 11.4. The molecule has 0 fully saturated rings. The average Bonchev–Trinajstić information content (AvgIpc) is 2.65. The van der Waals surface area contributed by atoms with Crippen molar-refractivity contribution in [3.63, 3.8) is 0 Å². The fourth-order valence-corrected chi connectivity index (χ4v) is 3.51. The Kier molecular flexibility index (Phi) is 4.92. The van der Waals surface area contributed by atoms with Gasteiger partial charge in [0.1, 0.15) is 22.0 Å². The molecule has 0 aliphatic rings. The van der Waals surface area contributed by atoms with E-state index in [1.807, 2.05) is 0 Å². The number of phenols is 1. The number of aromatic hydroxyl groups is 1. The molecule has 1 heterocycles. The van der Waals surface area contributed by atoms with Crippen LogP contribution in [-0.2, 0) is 10.1 Å². The molecular weight excluding hydrogens is 392 g/mol. The number of methoxy groups -OCH3 is 3. The minimum absolute atomic E-state index is 0.0352. The van der Waals surface area contributed by atoms with Gasteiger partial charge in [-0.1, -0.05) is 0 Å². The topological polar surface area (TPSA) is 132 Å². The third kappa shape index (κ3) is 3.23. The van der Waals surface area contributed by atoms with Gasteiger partial charge in [-0.15, -0.1) is 0 Å². The zero-order chi connectivity index (χ0) is 20.6. The molecule has 0 aliphatic heterocycles. The molecule has 10 heteroatoms. The fourth-order valence-electron chi connectivity index (χ4n) is 2.83. The third-order valence-electron chi connectivity index (χ3n) is 4.02. The van der Waals surface area contributed by atoms with Crippen molar-refractivity contribution in [3.8, 4) is 34.3 Å². The van der Waals surface area contributed by atoms with Gasteiger partial charge in [0.25, 0.3) is 10.1 Å². The van der Waals surface area contributed by atoms with Crippen LogP contribution >= 0.6 is 0 Å². The molecule has 0 aliphatic carbocycles. The first-order chi connectivity index (χ1) is 13.2. The minimum atomic E-state index is -4.71. The summed E-state index contributed by atoms with van der Waals surface area (Å²) in [7, 11) is -0.931. The van der Waals surface area contributed by atoms with Crippen LogP contribution in [0.5, 0.6) is 23.0 Å². The average molecular weight is 408 g/mol. The van der Waals surface area contributed by atoms with Crippen molar-refractivity contribution in [3.05, 3.63) is 40.6 Å². The summed E-state index contributed by atoms with van der Waals surface area (Å²) in [5, 5.41) is 9.69. The van der Waals surface area contributed by atoms with Crippen LogP contribution in [0.1, 0.15) is 0 Å². The predicted molar refractivity (Wildman–Crippen MR) is 99.1 cm³/mol. The molecule has 2 aromatic carbocycles. The van der Waals surface area contributed by atoms with Gasteiger partial charge in [0, 0.05) is 6.07 Å². The maximum absolute atomic E-state index is 12.4. The zero-order valence-electron chi connectivity index (χ0n) is 15.0. The van der Waals surface area contributed by atoms with Crippen LogP contribution in [0.15, 0.2) is 44.4 Å². The third-order valence-corrected chi connectivity index (χ3v) is 4.88. The van der Waals surface area contributed by atoms with E-state index in [2.05, 4.69) is 0 Å². The molecule has 148 valence electrons. The van der Waals surface area contributed by atoms with Crippen molar-refractivity contribution in [2.45, 2.75) is 4.90 Å². The van der Waals surface area contributed by atoms with Gasteiger partial charge in [0.2, 0.25) is 5.75 Å². The summed E-state index contributed by atoms with van der Waals surface area (Å²) in [4.78, 5) is 11.9. The number of ether oxygens (including phenoxy) is 3. The Balaban J connectivity index is 2.43. The van der Waals surface area contributed by atoms with Crippen LogP contribution in [0.4, 0.5) is 0 Å². The first kappa shape index (κ1) is 19.5. The molecule has 28 heavy (non-hydrogen) atoms. The highest BCUT2D eigenvalue weighted by Gasteiger charge is 2.28. The van der Waals surface area contributed by atoms with Gasteiger partial charge in [-0.05, 0) is 24.3 Å². The van der Waals surface area contributed by atoms with E-state index in [0.717, 1.165) is 12.1 Å². The van der Waals surface area contributed by atoms with E-state index in [9.17, 15) is 22.9 Å². The van der Waals surface area contributed by atoms with Crippen molar-refractivity contribution >= 4 is 21.1 Å². The Hall–Kier alpha value is -3.24. The van der Waals surface area contributed by atoms with E-state index < -0.39 is 20.4 Å². The van der Waals surface area contributed by atoms with E-state index >= 15 is 0 Å². The van der Waals surface area contributed by atoms with E-state index in [1.165, 1.54) is 39.5 Å². The molecule has 0 saturated carbocycles. The summed E-state index contributed by atoms with van der Waals surface area (Å²) in [6.45, 7) is 0. The molecule has 1 aromatic heterocycles. The number of phenolic OH excluding ortho intramolecular Hbond substituents is 1. The Bertz CT molecular complexity index is 1230. The monoisotopic (exact) mass is 408 g/mol. The van der Waals surface area contributed by atoms with Gasteiger partial charge in [0.05, 0.1) is 32.3 Å². The fraction of sp³-hybridized carbons (Fsp3) is 0.167. The molecule has 0 amide bonds. The van der Waals surface area contributed by atoms with E-state index in [1.54, 1.807) is 0 Å². The molecule has 0 bridgehead atoms. The standard InChI is InChI=1S/C18H16O9S/c1-24-16-11(7-15(28(21,22)23)17(25-2)18(16)26-3)14-8-12(20)10-6-9(19)4-5-13(10)27-14/h4-8,19H,1-3H3,(H,21,22,23). The van der Waals surface area contributed by atoms with Crippen LogP contribution in [0.2, 0.25) is 0 Å². The lowest BCUT2D eigenvalue weighted by Gasteiger charge is -2.18. The van der Waals surface area contributed by atoms with Gasteiger partial charge >= 0.3 is 0 Å². The van der Waals surface area contributed by atoms with Crippen molar-refractivity contribution < 1.29 is 36.7 Å². The molecule has 0 unspecified atom stereocenters. The van der Waals surface area contributed by atoms with Crippen LogP contribution in [-0.4, -0.2) is 39.4 Å². The van der Waals surface area contributed by atoms with Crippen LogP contribution < -0.4 is 19.6 Å². The Morgan fingerprint density at radius 2 is 1.57 bits per heavy atom. The maximum Gasteiger partial charge on any atom is 0.298 e. The van der Waals surface area contributed by atoms with Crippen molar-refractivity contribution in [2.75, 3.05) is 21.3 Å². The second-order valence-electron chi connectivity index (χ2n) is 5.65. The van der Waals surface area contributed by atoms with Crippen molar-refractivity contribution in [1.82, 2.24) is 0 Å². The SMILES string of the molecule is COc1c(-c2cc(=O)c3cc(O)ccc3o2)cc(S(=O)(=O)O)c(OC)c1OC. The number of hydrogen-bond acceptors (Lipinski definition) is 8. The zero-order valence-corrected chi connectivity index (χ0v) is 15.9. The molecule has 3 rings (SSSR count). The molecule has 0 spiro atoms. The number of rotatable bonds is 5. The molecule has 3 aromatic rings. The largest absolute Gasteiger partial charge is 0.508 e. The van der Waals surface area contributed by atoms with Crippen LogP contribution in [0.25, 0.3) is 22.3 Å². The number of hydrogen-bond donors (Lipinski definition) is 2. The minimum Gasteiger partial charge on any atom is -0.508 e. The quantitative estimate of drug-likeness (QED) is 0.611. The molecular formula is C18H16O9S. The molecule has 2 N–H and O–H groups in total. The lowest BCUT2D eigenvalue weighted by Crippen LogP contribution is -2.07. The molecule has 9 nitrogen and oxygen atoms in total. The van der Waals surface area contributed by atoms with Gasteiger partial charge in [-0.25, -0.2) is 0 Å². The lowest BCUT2D eigenvalue weighted by atomic mass is 10.1. The molecule has 0 atom stereocenters. The van der Waals surface area contributed by atoms with E-state index in [0.29, 0.717) is 0 Å². The Morgan fingerprint density at radius 1 is 0.929 bits per heavy atom. The van der Waals surface area contributed by atoms with Gasteiger partial charge in [-0.2, -0.15) is 8.42 Å². The Morgan fingerprint density at radius 3 is 2.14 bits per heavy atom. The maximum atomic E-state index is 12.4. The first-order valence-corrected chi connectivity index (χ1v) is 9.23. The molecule has 0 radical (unpaired) electrons. The number of fused-ring (bicyclic) bond motifs is 1. The molecule has 0 saturated heterocycles. The van der Waals surface area contributed by atoms with E-state index in [4.69, 9.17) is 18.6 Å². The highest BCUT2D eigenvalue weighted by Crippen LogP contribution is 2.48. The highest BCUT2D eigenvalue weighted by atomic mass is 32.2. The summed E-state index contributed by atoms with van der Waals surface area (Å²) in [6, 6.07) is 6.15. The van der Waals surface area contributed by atoms with Gasteiger partial charge < -0.3 is 23.7 Å². The summed E-state index contributed by atoms with van der Waals surface area (Å²) < 4.78 is 54.6.